The molecule has 0 bridgehead atoms. The fraction of sp³-hybridized carbons (Fsp3) is 0. The van der Waals surface area contributed by atoms with E-state index in [1.54, 1.807) is 0 Å². The van der Waals surface area contributed by atoms with Crippen molar-refractivity contribution in [1.29, 1.82) is 0 Å². The van der Waals surface area contributed by atoms with Crippen LogP contribution < -0.4 is 5.48 Å². The van der Waals surface area contributed by atoms with Gasteiger partial charge in [-0.15, -0.1) is 0 Å². The van der Waals surface area contributed by atoms with Crippen LogP contribution in [0.5, 0.6) is 0 Å². The van der Waals surface area contributed by atoms with E-state index in [-0.39, 0.29) is 0 Å². The largest absolute Gasteiger partial charge is 0.478 e. The van der Waals surface area contributed by atoms with E-state index in [0.29, 0.717) is 0 Å². The van der Waals surface area contributed by atoms with Gasteiger partial charge in [-0.1, -0.05) is 13.2 Å². The van der Waals surface area contributed by atoms with E-state index < -0.39 is 11.9 Å². The lowest BCUT2D eigenvalue weighted by atomic mass is 10.6. The van der Waals surface area contributed by atoms with Gasteiger partial charge in [-0.2, -0.15) is 0 Å². The summed E-state index contributed by atoms with van der Waals surface area (Å²) in [7, 11) is 0. The van der Waals surface area contributed by atoms with E-state index >= 15 is 0 Å². The van der Waals surface area contributed by atoms with Gasteiger partial charge < -0.3 is 5.11 Å². The van der Waals surface area contributed by atoms with Crippen molar-refractivity contribution in [3.05, 3.63) is 25.3 Å². The predicted octanol–water partition coefficient (Wildman–Crippen LogP) is -0.0652. The topological polar surface area (TPSA) is 86.6 Å². The molecule has 0 saturated carbocycles. The van der Waals surface area contributed by atoms with Gasteiger partial charge in [0.15, 0.2) is 0 Å². The summed E-state index contributed by atoms with van der Waals surface area (Å²) < 4.78 is 0. The summed E-state index contributed by atoms with van der Waals surface area (Å²) in [5, 5.41) is 15.3. The highest BCUT2D eigenvalue weighted by atomic mass is 16.5. The van der Waals surface area contributed by atoms with Crippen LogP contribution in [-0.4, -0.2) is 22.2 Å². The van der Waals surface area contributed by atoms with E-state index in [1.807, 2.05) is 0 Å². The summed E-state index contributed by atoms with van der Waals surface area (Å²) in [4.78, 5) is 19.0. The molecule has 3 N–H and O–H groups in total. The average Bonchev–Trinajstić information content (AvgIpc) is 2.04. The highest BCUT2D eigenvalue weighted by molar-refractivity contribution is 5.85. The maximum absolute atomic E-state index is 9.70. The lowest BCUT2D eigenvalue weighted by molar-refractivity contribution is -0.131. The number of hydroxylamine groups is 1. The molecule has 0 fully saturated rings. The average molecular weight is 159 g/mol. The number of rotatable bonds is 2. The maximum atomic E-state index is 9.70. The normalized spacial score (nSPS) is 6.64. The number of amides is 1. The van der Waals surface area contributed by atoms with Crippen molar-refractivity contribution in [3.8, 4) is 0 Å². The van der Waals surface area contributed by atoms with Crippen LogP contribution in [0, 0.1) is 0 Å². The molecular weight excluding hydrogens is 150 g/mol. The van der Waals surface area contributed by atoms with Gasteiger partial charge in [0.2, 0.25) is 0 Å². The fourth-order valence-electron chi connectivity index (χ4n) is 0.0456. The number of carboxylic acids is 1. The van der Waals surface area contributed by atoms with Gasteiger partial charge in [-0.3, -0.25) is 10.0 Å². The van der Waals surface area contributed by atoms with Crippen LogP contribution in [0.4, 0.5) is 0 Å². The molecule has 0 aliphatic heterocycles. The molecule has 0 saturated heterocycles. The monoisotopic (exact) mass is 159 g/mol. The first-order valence-electron chi connectivity index (χ1n) is 2.50. The number of carbonyl (C=O) groups excluding carboxylic acids is 1. The summed E-state index contributed by atoms with van der Waals surface area (Å²) in [6.07, 6.45) is 1.81. The Labute approximate surface area is 63.6 Å². The Bertz CT molecular complexity index is 164. The quantitative estimate of drug-likeness (QED) is 0.299. The zero-order valence-electron chi connectivity index (χ0n) is 5.78. The minimum absolute atomic E-state index is 0.588. The van der Waals surface area contributed by atoms with Gasteiger partial charge in [-0.25, -0.2) is 10.3 Å². The number of carbonyl (C=O) groups is 2. The molecule has 1 amide bonds. The van der Waals surface area contributed by atoms with Gasteiger partial charge >= 0.3 is 5.97 Å². The van der Waals surface area contributed by atoms with Crippen molar-refractivity contribution in [2.24, 2.45) is 0 Å². The molecular formula is C6H9NO4. The SMILES string of the molecule is C=CC(=O)NO.C=CC(=O)O. The molecule has 0 rings (SSSR count). The third-order valence-electron chi connectivity index (χ3n) is 0.470. The highest BCUT2D eigenvalue weighted by Crippen LogP contribution is 1.56. The number of carboxylic acid groups (broad SMARTS) is 1. The number of hydrogen-bond acceptors (Lipinski definition) is 3. The van der Waals surface area contributed by atoms with Crippen LogP contribution in [0.2, 0.25) is 0 Å². The van der Waals surface area contributed by atoms with Crippen molar-refractivity contribution >= 4 is 11.9 Å². The van der Waals surface area contributed by atoms with Crippen LogP contribution >= 0.6 is 0 Å². The van der Waals surface area contributed by atoms with Crippen LogP contribution in [0.3, 0.4) is 0 Å². The van der Waals surface area contributed by atoms with Crippen LogP contribution in [0.25, 0.3) is 0 Å². The molecule has 0 aliphatic carbocycles. The van der Waals surface area contributed by atoms with E-state index in [2.05, 4.69) is 13.2 Å². The van der Waals surface area contributed by atoms with Crippen molar-refractivity contribution in [2.75, 3.05) is 0 Å². The molecule has 0 atom stereocenters. The van der Waals surface area contributed by atoms with Crippen LogP contribution in [0.1, 0.15) is 0 Å². The van der Waals surface area contributed by atoms with Gasteiger partial charge in [0, 0.05) is 6.08 Å². The summed E-state index contributed by atoms with van der Waals surface area (Å²) in [6.45, 7) is 6.02. The van der Waals surface area contributed by atoms with Gasteiger partial charge in [0.25, 0.3) is 5.91 Å². The van der Waals surface area contributed by atoms with E-state index in [0.717, 1.165) is 12.2 Å². The predicted molar refractivity (Wildman–Crippen MR) is 38.0 cm³/mol. The molecule has 0 heterocycles. The summed E-state index contributed by atoms with van der Waals surface area (Å²) in [5.74, 6) is -1.57. The molecule has 0 aromatic rings. The van der Waals surface area contributed by atoms with Crippen molar-refractivity contribution in [2.45, 2.75) is 0 Å². The van der Waals surface area contributed by atoms with Gasteiger partial charge in [-0.05, 0) is 6.08 Å². The Morgan fingerprint density at radius 3 is 1.64 bits per heavy atom. The van der Waals surface area contributed by atoms with E-state index in [1.165, 1.54) is 5.48 Å². The first kappa shape index (κ1) is 12.1. The fourth-order valence-corrected chi connectivity index (χ4v) is 0.0456. The first-order valence-corrected chi connectivity index (χ1v) is 2.50. The lowest BCUT2D eigenvalue weighted by Crippen LogP contribution is -2.14. The molecule has 0 radical (unpaired) electrons. The smallest absolute Gasteiger partial charge is 0.327 e. The Morgan fingerprint density at radius 1 is 1.27 bits per heavy atom. The Hall–Kier alpha value is -1.62. The Morgan fingerprint density at radius 2 is 1.64 bits per heavy atom. The summed E-state index contributed by atoms with van der Waals surface area (Å²) in [6, 6.07) is 0. The van der Waals surface area contributed by atoms with E-state index in [4.69, 9.17) is 10.3 Å². The second-order valence-corrected chi connectivity index (χ2v) is 1.22. The zero-order chi connectivity index (χ0) is 9.28. The third-order valence-corrected chi connectivity index (χ3v) is 0.470. The van der Waals surface area contributed by atoms with Gasteiger partial charge in [0.1, 0.15) is 0 Å². The van der Waals surface area contributed by atoms with Crippen molar-refractivity contribution in [3.63, 3.8) is 0 Å². The van der Waals surface area contributed by atoms with Gasteiger partial charge in [0.05, 0.1) is 0 Å². The van der Waals surface area contributed by atoms with Crippen LogP contribution in [0.15, 0.2) is 25.3 Å². The van der Waals surface area contributed by atoms with E-state index in [9.17, 15) is 9.59 Å². The molecule has 0 aromatic carbocycles. The minimum Gasteiger partial charge on any atom is -0.478 e. The molecule has 62 valence electrons. The standard InChI is InChI=1S/C3H5NO2.C3H4O2/c1-2-3(5)4-6;1-2-3(4)5/h2,6H,1H2,(H,4,5);2H,1H2,(H,4,5). The maximum Gasteiger partial charge on any atom is 0.327 e. The van der Waals surface area contributed by atoms with Crippen LogP contribution in [-0.2, 0) is 9.59 Å². The lowest BCUT2D eigenvalue weighted by Gasteiger charge is -1.81. The molecule has 5 nitrogen and oxygen atoms in total. The van der Waals surface area contributed by atoms with Crippen molar-refractivity contribution in [1.82, 2.24) is 5.48 Å². The molecule has 0 aliphatic rings. The highest BCUT2D eigenvalue weighted by Gasteiger charge is 1.80. The second-order valence-electron chi connectivity index (χ2n) is 1.22. The number of hydrogen-bond donors (Lipinski definition) is 3. The molecule has 0 spiro atoms. The number of nitrogens with one attached hydrogen (secondary N) is 1. The molecule has 0 aromatic heterocycles. The molecule has 0 unspecified atom stereocenters. The molecule has 5 heteroatoms. The Balaban J connectivity index is 0. The number of aliphatic carboxylic acids is 1. The second kappa shape index (κ2) is 8.38. The Kier molecular flexibility index (Phi) is 9.21. The van der Waals surface area contributed by atoms with Crippen molar-refractivity contribution < 1.29 is 19.9 Å². The zero-order valence-corrected chi connectivity index (χ0v) is 5.78. The molecule has 11 heavy (non-hydrogen) atoms. The minimum atomic E-state index is -0.981. The first-order chi connectivity index (χ1) is 5.08. The third kappa shape index (κ3) is 17.8. The summed E-state index contributed by atoms with van der Waals surface area (Å²) >= 11 is 0. The summed E-state index contributed by atoms with van der Waals surface area (Å²) in [5.41, 5.74) is 1.36.